The first-order chi connectivity index (χ1) is 9.57. The summed E-state index contributed by atoms with van der Waals surface area (Å²) < 4.78 is 5.77. The minimum Gasteiger partial charge on any atom is -0.376 e. The van der Waals surface area contributed by atoms with Crippen LogP contribution < -0.4 is 0 Å². The van der Waals surface area contributed by atoms with Crippen LogP contribution in [0.5, 0.6) is 0 Å². The predicted molar refractivity (Wildman–Crippen MR) is 79.1 cm³/mol. The van der Waals surface area contributed by atoms with Gasteiger partial charge in [-0.25, -0.2) is 0 Å². The number of fused-ring (bicyclic) bond motifs is 1. The molecule has 1 aliphatic rings. The van der Waals surface area contributed by atoms with Crippen LogP contribution in [0, 0.1) is 0 Å². The van der Waals surface area contributed by atoms with Crippen LogP contribution in [0.15, 0.2) is 30.3 Å². The van der Waals surface area contributed by atoms with Crippen molar-refractivity contribution >= 4 is 17.2 Å². The van der Waals surface area contributed by atoms with Gasteiger partial charge in [0.25, 0.3) is 0 Å². The summed E-state index contributed by atoms with van der Waals surface area (Å²) in [7, 11) is 0. The summed E-state index contributed by atoms with van der Waals surface area (Å²) in [5, 5.41) is 1.02. The van der Waals surface area contributed by atoms with Gasteiger partial charge < -0.3 is 4.74 Å². The second kappa shape index (κ2) is 4.98. The van der Waals surface area contributed by atoms with Crippen LogP contribution in [0.25, 0.3) is 10.9 Å². The number of pyridine rings is 1. The Hall–Kier alpha value is -1.74. The highest BCUT2D eigenvalue weighted by atomic mass is 16.5. The zero-order valence-electron chi connectivity index (χ0n) is 11.9. The Morgan fingerprint density at radius 1 is 1.30 bits per heavy atom. The van der Waals surface area contributed by atoms with Crippen molar-refractivity contribution in [2.24, 2.45) is 0 Å². The maximum Gasteiger partial charge on any atom is 0.150 e. The minimum atomic E-state index is -0.0685. The summed E-state index contributed by atoms with van der Waals surface area (Å²) in [5.74, 6) is 0.453. The van der Waals surface area contributed by atoms with Gasteiger partial charge in [0.1, 0.15) is 6.29 Å². The highest BCUT2D eigenvalue weighted by Crippen LogP contribution is 2.35. The highest BCUT2D eigenvalue weighted by Gasteiger charge is 2.30. The molecule has 0 aliphatic carbocycles. The Morgan fingerprint density at radius 3 is 2.90 bits per heavy atom. The number of nitrogens with zero attached hydrogens (tertiary/aromatic N) is 1. The lowest BCUT2D eigenvalue weighted by Gasteiger charge is -2.35. The fourth-order valence-electron chi connectivity index (χ4n) is 2.94. The third kappa shape index (κ3) is 2.59. The quantitative estimate of drug-likeness (QED) is 0.780. The van der Waals surface area contributed by atoms with E-state index in [2.05, 4.69) is 26.0 Å². The van der Waals surface area contributed by atoms with Crippen molar-refractivity contribution in [1.29, 1.82) is 0 Å². The molecule has 1 fully saturated rings. The van der Waals surface area contributed by atoms with Gasteiger partial charge in [-0.2, -0.15) is 0 Å². The lowest BCUT2D eigenvalue weighted by atomic mass is 9.86. The van der Waals surface area contributed by atoms with Gasteiger partial charge in [-0.1, -0.05) is 6.07 Å². The fraction of sp³-hybridized carbons (Fsp3) is 0.412. The van der Waals surface area contributed by atoms with Crippen LogP contribution in [0.2, 0.25) is 0 Å². The van der Waals surface area contributed by atoms with Crippen LogP contribution in [-0.4, -0.2) is 23.5 Å². The van der Waals surface area contributed by atoms with Gasteiger partial charge in [-0.05, 0) is 51.0 Å². The van der Waals surface area contributed by atoms with E-state index < -0.39 is 0 Å². The van der Waals surface area contributed by atoms with E-state index in [4.69, 9.17) is 9.72 Å². The van der Waals surface area contributed by atoms with E-state index in [1.165, 1.54) is 0 Å². The van der Waals surface area contributed by atoms with Gasteiger partial charge in [0, 0.05) is 29.2 Å². The van der Waals surface area contributed by atoms with Crippen LogP contribution in [0.4, 0.5) is 0 Å². The molecule has 1 aromatic heterocycles. The van der Waals surface area contributed by atoms with Gasteiger partial charge >= 0.3 is 0 Å². The molecule has 104 valence electrons. The number of benzene rings is 1. The van der Waals surface area contributed by atoms with Crippen molar-refractivity contribution in [3.05, 3.63) is 41.6 Å². The maximum absolute atomic E-state index is 10.8. The number of ether oxygens (including phenoxy) is 1. The van der Waals surface area contributed by atoms with Gasteiger partial charge in [0.15, 0.2) is 0 Å². The number of carbonyl (C=O) groups excluding carboxylic acids is 1. The highest BCUT2D eigenvalue weighted by molar-refractivity contribution is 5.86. The molecule has 0 unspecified atom stereocenters. The molecule has 0 saturated carbocycles. The summed E-state index contributed by atoms with van der Waals surface area (Å²) in [5.41, 5.74) is 2.71. The molecule has 3 nitrogen and oxygen atoms in total. The second-order valence-corrected chi connectivity index (χ2v) is 6.10. The number of aromatic nitrogens is 1. The number of rotatable bonds is 2. The molecule has 2 heterocycles. The third-order valence-corrected chi connectivity index (χ3v) is 3.99. The Labute approximate surface area is 119 Å². The summed E-state index contributed by atoms with van der Waals surface area (Å²) in [4.78, 5) is 15.6. The van der Waals surface area contributed by atoms with Crippen LogP contribution in [0.3, 0.4) is 0 Å². The first kappa shape index (κ1) is 13.3. The molecule has 1 saturated heterocycles. The standard InChI is InChI=1S/C17H19NO2/c1-17(2)10-14(7-8-20-17)16-6-4-13-9-12(11-19)3-5-15(13)18-16/h3-6,9,11,14H,7-8,10H2,1-2H3/t14-/m0/s1. The molecular formula is C17H19NO2. The third-order valence-electron chi connectivity index (χ3n) is 3.99. The van der Waals surface area contributed by atoms with Gasteiger partial charge in [0.2, 0.25) is 0 Å². The molecule has 0 spiro atoms. The molecule has 0 N–H and O–H groups in total. The van der Waals surface area contributed by atoms with Crippen LogP contribution in [0.1, 0.15) is 48.7 Å². The lowest BCUT2D eigenvalue weighted by Crippen LogP contribution is -2.33. The largest absolute Gasteiger partial charge is 0.376 e. The smallest absolute Gasteiger partial charge is 0.150 e. The topological polar surface area (TPSA) is 39.2 Å². The second-order valence-electron chi connectivity index (χ2n) is 6.10. The normalized spacial score (nSPS) is 21.8. The van der Waals surface area contributed by atoms with Crippen molar-refractivity contribution < 1.29 is 9.53 Å². The van der Waals surface area contributed by atoms with Crippen molar-refractivity contribution in [1.82, 2.24) is 4.98 Å². The predicted octanol–water partition coefficient (Wildman–Crippen LogP) is 3.72. The van der Waals surface area contributed by atoms with Crippen molar-refractivity contribution in [2.75, 3.05) is 6.61 Å². The van der Waals surface area contributed by atoms with Gasteiger partial charge in [-0.15, -0.1) is 0 Å². The summed E-state index contributed by atoms with van der Waals surface area (Å²) >= 11 is 0. The molecule has 20 heavy (non-hydrogen) atoms. The zero-order valence-corrected chi connectivity index (χ0v) is 11.9. The lowest BCUT2D eigenvalue weighted by molar-refractivity contribution is -0.0597. The first-order valence-electron chi connectivity index (χ1n) is 7.07. The van der Waals surface area contributed by atoms with E-state index in [1.54, 1.807) is 0 Å². The molecule has 1 aliphatic heterocycles. The zero-order chi connectivity index (χ0) is 14.2. The Balaban J connectivity index is 1.94. The van der Waals surface area contributed by atoms with Crippen molar-refractivity contribution in [3.8, 4) is 0 Å². The molecular weight excluding hydrogens is 250 g/mol. The number of aldehydes is 1. The average Bonchev–Trinajstić information content (AvgIpc) is 2.45. The molecule has 0 amide bonds. The molecule has 1 atom stereocenters. The Bertz CT molecular complexity index is 648. The van der Waals surface area contributed by atoms with Crippen molar-refractivity contribution in [2.45, 2.75) is 38.2 Å². The Kier molecular flexibility index (Phi) is 3.30. The number of hydrogen-bond donors (Lipinski definition) is 0. The molecule has 2 aromatic rings. The maximum atomic E-state index is 10.8. The van der Waals surface area contributed by atoms with E-state index in [0.717, 1.165) is 42.3 Å². The number of carbonyl (C=O) groups is 1. The van der Waals surface area contributed by atoms with Gasteiger partial charge in [0.05, 0.1) is 11.1 Å². The fourth-order valence-corrected chi connectivity index (χ4v) is 2.94. The molecule has 1 aromatic carbocycles. The van der Waals surface area contributed by atoms with Crippen LogP contribution in [-0.2, 0) is 4.74 Å². The minimum absolute atomic E-state index is 0.0685. The summed E-state index contributed by atoms with van der Waals surface area (Å²) in [6.45, 7) is 5.06. The molecule has 0 radical (unpaired) electrons. The van der Waals surface area contributed by atoms with Gasteiger partial charge in [-0.3, -0.25) is 9.78 Å². The van der Waals surface area contributed by atoms with E-state index in [-0.39, 0.29) is 5.60 Å². The van der Waals surface area contributed by atoms with E-state index in [1.807, 2.05) is 18.2 Å². The summed E-state index contributed by atoms with van der Waals surface area (Å²) in [6, 6.07) is 9.77. The average molecular weight is 269 g/mol. The Morgan fingerprint density at radius 2 is 2.15 bits per heavy atom. The monoisotopic (exact) mass is 269 g/mol. The number of hydrogen-bond acceptors (Lipinski definition) is 3. The first-order valence-corrected chi connectivity index (χ1v) is 7.07. The molecule has 0 bridgehead atoms. The molecule has 3 heteroatoms. The van der Waals surface area contributed by atoms with E-state index >= 15 is 0 Å². The van der Waals surface area contributed by atoms with E-state index in [0.29, 0.717) is 11.5 Å². The molecule has 3 rings (SSSR count). The van der Waals surface area contributed by atoms with Crippen molar-refractivity contribution in [3.63, 3.8) is 0 Å². The van der Waals surface area contributed by atoms with Crippen LogP contribution >= 0.6 is 0 Å². The SMILES string of the molecule is CC1(C)C[C@@H](c2ccc3cc(C=O)ccc3n2)CCO1. The summed E-state index contributed by atoms with van der Waals surface area (Å²) in [6.07, 6.45) is 2.89. The van der Waals surface area contributed by atoms with E-state index in [9.17, 15) is 4.79 Å².